The van der Waals surface area contributed by atoms with E-state index in [2.05, 4.69) is 52.3 Å². The molecular weight excluding hydrogens is 554 g/mol. The molecule has 6 aromatic rings. The third-order valence-corrected chi connectivity index (χ3v) is 7.55. The predicted octanol–water partition coefficient (Wildman–Crippen LogP) is 9.09. The third-order valence-electron chi connectivity index (χ3n) is 6.95. The number of hydrogen-bond acceptors (Lipinski definition) is 1. The van der Waals surface area contributed by atoms with Gasteiger partial charge in [0.05, 0.1) is 15.7 Å². The van der Waals surface area contributed by atoms with Crippen molar-refractivity contribution in [1.29, 1.82) is 0 Å². The van der Waals surface area contributed by atoms with Crippen LogP contribution in [0.4, 0.5) is 8.78 Å². The van der Waals surface area contributed by atoms with Crippen molar-refractivity contribution in [1.82, 2.24) is 9.78 Å². The molecule has 5 aromatic carbocycles. The van der Waals surface area contributed by atoms with Gasteiger partial charge < -0.3 is 0 Å². The standard InChI is InChI=1S/C34H23BrF2N2/c35-30-22-29-32(21-18-24-16-19-28(36)20-17-24)38-39(33(29)23-31(30)37)34(25-10-4-1-5-11-25,26-12-6-2-7-13-26)27-14-8-3-9-15-27/h1-23H/b21-18+. The molecular formula is C34H23BrF2N2. The summed E-state index contributed by atoms with van der Waals surface area (Å²) in [5.41, 5.74) is 4.22. The van der Waals surface area contributed by atoms with Crippen molar-refractivity contribution in [3.05, 3.63) is 171 Å². The smallest absolute Gasteiger partial charge is 0.139 e. The topological polar surface area (TPSA) is 17.8 Å². The number of halogens is 3. The number of benzene rings is 5. The van der Waals surface area contributed by atoms with Crippen LogP contribution in [-0.4, -0.2) is 9.78 Å². The van der Waals surface area contributed by atoms with Crippen molar-refractivity contribution in [2.45, 2.75) is 5.54 Å². The van der Waals surface area contributed by atoms with Crippen LogP contribution >= 0.6 is 15.9 Å². The lowest BCUT2D eigenvalue weighted by atomic mass is 9.77. The zero-order chi connectivity index (χ0) is 26.8. The van der Waals surface area contributed by atoms with Crippen LogP contribution in [0.2, 0.25) is 0 Å². The molecule has 0 atom stereocenters. The fourth-order valence-electron chi connectivity index (χ4n) is 5.16. The average Bonchev–Trinajstić information content (AvgIpc) is 3.32. The SMILES string of the molecule is Fc1ccc(/C=C/c2nn(C(c3ccccc3)(c3ccccc3)c3ccccc3)c3cc(F)c(Br)cc23)cc1. The van der Waals surface area contributed by atoms with Crippen LogP contribution in [0.1, 0.15) is 27.9 Å². The van der Waals surface area contributed by atoms with Crippen LogP contribution in [0.15, 0.2) is 132 Å². The molecule has 0 unspecified atom stereocenters. The van der Waals surface area contributed by atoms with Crippen molar-refractivity contribution in [3.8, 4) is 0 Å². The number of fused-ring (bicyclic) bond motifs is 1. The average molecular weight is 577 g/mol. The number of hydrogen-bond donors (Lipinski definition) is 0. The summed E-state index contributed by atoms with van der Waals surface area (Å²) in [6, 6.07) is 40.1. The van der Waals surface area contributed by atoms with E-state index in [1.54, 1.807) is 18.2 Å². The maximum Gasteiger partial charge on any atom is 0.139 e. The van der Waals surface area contributed by atoms with Gasteiger partial charge in [-0.25, -0.2) is 13.5 Å². The molecule has 0 amide bonds. The minimum atomic E-state index is -0.899. The molecule has 0 saturated heterocycles. The van der Waals surface area contributed by atoms with Crippen molar-refractivity contribution >= 4 is 39.0 Å². The van der Waals surface area contributed by atoms with Gasteiger partial charge in [0, 0.05) is 11.5 Å². The van der Waals surface area contributed by atoms with Crippen molar-refractivity contribution < 1.29 is 8.78 Å². The van der Waals surface area contributed by atoms with Gasteiger partial charge >= 0.3 is 0 Å². The zero-order valence-corrected chi connectivity index (χ0v) is 22.4. The molecule has 39 heavy (non-hydrogen) atoms. The lowest BCUT2D eigenvalue weighted by molar-refractivity contribution is 0.474. The lowest BCUT2D eigenvalue weighted by Crippen LogP contribution is -2.38. The highest BCUT2D eigenvalue weighted by atomic mass is 79.9. The summed E-state index contributed by atoms with van der Waals surface area (Å²) in [5.74, 6) is -0.666. The largest absolute Gasteiger partial charge is 0.245 e. The van der Waals surface area contributed by atoms with Gasteiger partial charge in [-0.3, -0.25) is 0 Å². The molecule has 1 aromatic heterocycles. The second-order valence-electron chi connectivity index (χ2n) is 9.27. The van der Waals surface area contributed by atoms with E-state index in [0.29, 0.717) is 15.7 Å². The Kier molecular flexibility index (Phi) is 6.67. The van der Waals surface area contributed by atoms with Gasteiger partial charge in [0.2, 0.25) is 0 Å². The van der Waals surface area contributed by atoms with Crippen LogP contribution in [0.3, 0.4) is 0 Å². The van der Waals surface area contributed by atoms with Crippen molar-refractivity contribution in [2.24, 2.45) is 0 Å². The second kappa shape index (κ2) is 10.4. The minimum absolute atomic E-state index is 0.292. The first-order valence-electron chi connectivity index (χ1n) is 12.6. The van der Waals surface area contributed by atoms with E-state index < -0.39 is 5.54 Å². The molecule has 0 aliphatic rings. The molecule has 0 spiro atoms. The fraction of sp³-hybridized carbons (Fsp3) is 0.0294. The Balaban J connectivity index is 1.71. The fourth-order valence-corrected chi connectivity index (χ4v) is 5.51. The molecule has 1 heterocycles. The normalized spacial score (nSPS) is 11.9. The molecule has 0 N–H and O–H groups in total. The summed E-state index contributed by atoms with van der Waals surface area (Å²) in [6.45, 7) is 0. The Bertz CT molecular complexity index is 1670. The maximum absolute atomic E-state index is 15.2. The molecule has 2 nitrogen and oxygen atoms in total. The van der Waals surface area contributed by atoms with Crippen LogP contribution in [0, 0.1) is 11.6 Å². The Morgan fingerprint density at radius 1 is 0.641 bits per heavy atom. The predicted molar refractivity (Wildman–Crippen MR) is 157 cm³/mol. The summed E-state index contributed by atoms with van der Waals surface area (Å²) >= 11 is 3.37. The highest BCUT2D eigenvalue weighted by Gasteiger charge is 2.40. The van der Waals surface area contributed by atoms with Crippen LogP contribution in [0.25, 0.3) is 23.1 Å². The van der Waals surface area contributed by atoms with Gasteiger partial charge in [-0.05, 0) is 62.5 Å². The Morgan fingerprint density at radius 2 is 1.15 bits per heavy atom. The molecule has 5 heteroatoms. The molecule has 0 aliphatic heterocycles. The lowest BCUT2D eigenvalue weighted by Gasteiger charge is -2.37. The Morgan fingerprint density at radius 3 is 1.67 bits per heavy atom. The van der Waals surface area contributed by atoms with Crippen LogP contribution in [0.5, 0.6) is 0 Å². The van der Waals surface area contributed by atoms with E-state index in [-0.39, 0.29) is 11.6 Å². The molecule has 0 bridgehead atoms. The van der Waals surface area contributed by atoms with Gasteiger partial charge in [-0.15, -0.1) is 0 Å². The van der Waals surface area contributed by atoms with E-state index in [1.807, 2.05) is 71.4 Å². The van der Waals surface area contributed by atoms with Crippen molar-refractivity contribution in [2.75, 3.05) is 0 Å². The summed E-state index contributed by atoms with van der Waals surface area (Å²) in [4.78, 5) is 0. The van der Waals surface area contributed by atoms with E-state index in [9.17, 15) is 4.39 Å². The quantitative estimate of drug-likeness (QED) is 0.181. The molecule has 0 aliphatic carbocycles. The number of nitrogens with zero attached hydrogens (tertiary/aromatic N) is 2. The number of rotatable bonds is 6. The summed E-state index contributed by atoms with van der Waals surface area (Å²) in [7, 11) is 0. The molecule has 0 fully saturated rings. The van der Waals surface area contributed by atoms with Gasteiger partial charge in [0.15, 0.2) is 0 Å². The monoisotopic (exact) mass is 576 g/mol. The maximum atomic E-state index is 15.2. The van der Waals surface area contributed by atoms with Gasteiger partial charge in [0.1, 0.15) is 17.2 Å². The molecule has 190 valence electrons. The summed E-state index contributed by atoms with van der Waals surface area (Å²) < 4.78 is 30.9. The van der Waals surface area contributed by atoms with Crippen molar-refractivity contribution in [3.63, 3.8) is 0 Å². The number of aromatic nitrogens is 2. The highest BCUT2D eigenvalue weighted by Crippen LogP contribution is 2.43. The highest BCUT2D eigenvalue weighted by molar-refractivity contribution is 9.10. The molecule has 6 rings (SSSR count). The molecule has 0 radical (unpaired) electrons. The van der Waals surface area contributed by atoms with E-state index in [0.717, 1.165) is 27.6 Å². The summed E-state index contributed by atoms with van der Waals surface area (Å²) in [6.07, 6.45) is 3.78. The first-order valence-corrected chi connectivity index (χ1v) is 13.3. The zero-order valence-electron chi connectivity index (χ0n) is 20.8. The second-order valence-corrected chi connectivity index (χ2v) is 10.1. The first-order chi connectivity index (χ1) is 19.1. The van der Waals surface area contributed by atoms with Gasteiger partial charge in [-0.1, -0.05) is 109 Å². The summed E-state index contributed by atoms with van der Waals surface area (Å²) in [5, 5.41) is 5.96. The van der Waals surface area contributed by atoms with Crippen LogP contribution < -0.4 is 0 Å². The first kappa shape index (κ1) is 25.0. The van der Waals surface area contributed by atoms with Gasteiger partial charge in [0.25, 0.3) is 0 Å². The minimum Gasteiger partial charge on any atom is -0.245 e. The van der Waals surface area contributed by atoms with Crippen LogP contribution in [-0.2, 0) is 5.54 Å². The Hall–Kier alpha value is -4.35. The van der Waals surface area contributed by atoms with E-state index >= 15 is 4.39 Å². The Labute approximate surface area is 234 Å². The third kappa shape index (κ3) is 4.49. The van der Waals surface area contributed by atoms with E-state index in [1.165, 1.54) is 18.2 Å². The van der Waals surface area contributed by atoms with Gasteiger partial charge in [-0.2, -0.15) is 5.10 Å². The molecule has 0 saturated carbocycles. The van der Waals surface area contributed by atoms with E-state index in [4.69, 9.17) is 5.10 Å².